The van der Waals surface area contributed by atoms with Gasteiger partial charge < -0.3 is 4.43 Å². The van der Waals surface area contributed by atoms with Gasteiger partial charge >= 0.3 is 0 Å². The molecule has 0 saturated heterocycles. The lowest BCUT2D eigenvalue weighted by atomic mass is 9.86. The van der Waals surface area contributed by atoms with Crippen LogP contribution < -0.4 is 5.19 Å². The molecular weight excluding hydrogens is 260 g/mol. The standard InChI is InChI=1S/C18H32OSi/c1-8-13(3)15-11-10-12-16(17(15)14(4)9-2)20-19-18(5,6)7/h10-14H,8-9,20H2,1-7H3. The second kappa shape index (κ2) is 7.42. The van der Waals surface area contributed by atoms with Gasteiger partial charge in [0.25, 0.3) is 0 Å². The highest BCUT2D eigenvalue weighted by Gasteiger charge is 2.19. The van der Waals surface area contributed by atoms with Crippen LogP contribution >= 0.6 is 0 Å². The SMILES string of the molecule is CCC(C)c1cccc([SiH2]OC(C)(C)C)c1C(C)CC. The Morgan fingerprint density at radius 2 is 1.65 bits per heavy atom. The van der Waals surface area contributed by atoms with Gasteiger partial charge in [0.2, 0.25) is 0 Å². The Morgan fingerprint density at radius 3 is 2.15 bits per heavy atom. The third-order valence-corrected chi connectivity index (χ3v) is 6.08. The van der Waals surface area contributed by atoms with Gasteiger partial charge in [0.15, 0.2) is 9.76 Å². The Labute approximate surface area is 128 Å². The van der Waals surface area contributed by atoms with Gasteiger partial charge in [-0.2, -0.15) is 0 Å². The molecule has 2 atom stereocenters. The molecule has 0 aliphatic rings. The van der Waals surface area contributed by atoms with Crippen molar-refractivity contribution in [2.24, 2.45) is 0 Å². The summed E-state index contributed by atoms with van der Waals surface area (Å²) in [7, 11) is -0.658. The molecule has 20 heavy (non-hydrogen) atoms. The molecule has 1 aromatic rings. The monoisotopic (exact) mass is 292 g/mol. The summed E-state index contributed by atoms with van der Waals surface area (Å²) in [6.45, 7) is 15.7. The first kappa shape index (κ1) is 17.4. The first-order chi connectivity index (χ1) is 9.30. The maximum absolute atomic E-state index is 6.16. The van der Waals surface area contributed by atoms with E-state index in [2.05, 4.69) is 66.7 Å². The number of hydrogen-bond acceptors (Lipinski definition) is 1. The summed E-state index contributed by atoms with van der Waals surface area (Å²) in [5.41, 5.74) is 3.11. The average Bonchev–Trinajstić information content (AvgIpc) is 2.42. The predicted octanol–water partition coefficient (Wildman–Crippen LogP) is 4.24. The van der Waals surface area contributed by atoms with Gasteiger partial charge in [-0.15, -0.1) is 0 Å². The van der Waals surface area contributed by atoms with E-state index in [1.807, 2.05) is 0 Å². The predicted molar refractivity (Wildman–Crippen MR) is 92.9 cm³/mol. The van der Waals surface area contributed by atoms with Crippen LogP contribution in [0, 0.1) is 0 Å². The van der Waals surface area contributed by atoms with Gasteiger partial charge in [0.05, 0.1) is 0 Å². The second-order valence-electron chi connectivity index (χ2n) is 6.94. The van der Waals surface area contributed by atoms with Crippen molar-refractivity contribution in [3.63, 3.8) is 0 Å². The maximum atomic E-state index is 6.16. The van der Waals surface area contributed by atoms with Gasteiger partial charge in [-0.1, -0.05) is 45.9 Å². The molecule has 0 fully saturated rings. The molecular formula is C18H32OSi. The zero-order valence-electron chi connectivity index (χ0n) is 14.4. The summed E-state index contributed by atoms with van der Waals surface area (Å²) < 4.78 is 6.16. The minimum atomic E-state index is -0.658. The highest BCUT2D eigenvalue weighted by atomic mass is 28.2. The van der Waals surface area contributed by atoms with E-state index in [4.69, 9.17) is 4.43 Å². The molecule has 0 heterocycles. The summed E-state index contributed by atoms with van der Waals surface area (Å²) in [5.74, 6) is 1.27. The lowest BCUT2D eigenvalue weighted by molar-refractivity contribution is 0.141. The Kier molecular flexibility index (Phi) is 6.47. The fourth-order valence-corrected chi connectivity index (χ4v) is 4.04. The summed E-state index contributed by atoms with van der Waals surface area (Å²) in [6, 6.07) is 6.84. The Balaban J connectivity index is 3.15. The summed E-state index contributed by atoms with van der Waals surface area (Å²) >= 11 is 0. The molecule has 0 spiro atoms. The molecule has 2 unspecified atom stereocenters. The fourth-order valence-electron chi connectivity index (χ4n) is 2.51. The van der Waals surface area contributed by atoms with Crippen molar-refractivity contribution in [3.8, 4) is 0 Å². The van der Waals surface area contributed by atoms with Crippen molar-refractivity contribution in [1.29, 1.82) is 0 Å². The van der Waals surface area contributed by atoms with Crippen LogP contribution in [0.4, 0.5) is 0 Å². The highest BCUT2D eigenvalue weighted by Crippen LogP contribution is 2.28. The van der Waals surface area contributed by atoms with E-state index in [-0.39, 0.29) is 5.60 Å². The molecule has 1 nitrogen and oxygen atoms in total. The lowest BCUT2D eigenvalue weighted by Gasteiger charge is -2.25. The normalized spacial score (nSPS) is 15.8. The molecule has 0 radical (unpaired) electrons. The number of hydrogen-bond donors (Lipinski definition) is 0. The van der Waals surface area contributed by atoms with E-state index in [1.54, 1.807) is 11.1 Å². The summed E-state index contributed by atoms with van der Waals surface area (Å²) in [6.07, 6.45) is 2.40. The number of benzene rings is 1. The Morgan fingerprint density at radius 1 is 1.05 bits per heavy atom. The molecule has 0 saturated carbocycles. The van der Waals surface area contributed by atoms with Gasteiger partial charge in [-0.25, -0.2) is 0 Å². The summed E-state index contributed by atoms with van der Waals surface area (Å²) in [4.78, 5) is 0. The van der Waals surface area contributed by atoms with Gasteiger partial charge in [0.1, 0.15) is 0 Å². The van der Waals surface area contributed by atoms with E-state index < -0.39 is 9.76 Å². The van der Waals surface area contributed by atoms with Crippen molar-refractivity contribution in [2.45, 2.75) is 78.7 Å². The largest absolute Gasteiger partial charge is 0.414 e. The Hall–Kier alpha value is -0.603. The smallest absolute Gasteiger partial charge is 0.193 e. The van der Waals surface area contributed by atoms with Crippen molar-refractivity contribution < 1.29 is 4.43 Å². The second-order valence-corrected chi connectivity index (χ2v) is 8.28. The minimum absolute atomic E-state index is 0.0225. The third kappa shape index (κ3) is 4.74. The van der Waals surface area contributed by atoms with Crippen LogP contribution in [0.5, 0.6) is 0 Å². The molecule has 0 amide bonds. The minimum Gasteiger partial charge on any atom is -0.414 e. The zero-order chi connectivity index (χ0) is 15.3. The van der Waals surface area contributed by atoms with Gasteiger partial charge in [-0.05, 0) is 61.8 Å². The van der Waals surface area contributed by atoms with Gasteiger partial charge in [0, 0.05) is 5.60 Å². The van der Waals surface area contributed by atoms with Crippen molar-refractivity contribution in [1.82, 2.24) is 0 Å². The zero-order valence-corrected chi connectivity index (χ0v) is 15.8. The Bertz CT molecular complexity index is 420. The molecule has 0 aromatic heterocycles. The molecule has 2 heteroatoms. The number of rotatable bonds is 6. The molecule has 0 bridgehead atoms. The van der Waals surface area contributed by atoms with Crippen LogP contribution in [0.1, 0.15) is 84.3 Å². The van der Waals surface area contributed by atoms with Crippen LogP contribution in [0.15, 0.2) is 18.2 Å². The van der Waals surface area contributed by atoms with Crippen LogP contribution in [-0.4, -0.2) is 15.4 Å². The lowest BCUT2D eigenvalue weighted by Crippen LogP contribution is -2.32. The van der Waals surface area contributed by atoms with E-state index in [9.17, 15) is 0 Å². The maximum Gasteiger partial charge on any atom is 0.193 e. The third-order valence-electron chi connectivity index (χ3n) is 4.14. The van der Waals surface area contributed by atoms with Crippen molar-refractivity contribution in [3.05, 3.63) is 29.3 Å². The molecule has 1 aromatic carbocycles. The first-order valence-electron chi connectivity index (χ1n) is 8.05. The van der Waals surface area contributed by atoms with Crippen LogP contribution in [0.25, 0.3) is 0 Å². The fraction of sp³-hybridized carbons (Fsp3) is 0.667. The molecule has 1 rings (SSSR count). The molecule has 0 aliphatic heterocycles. The van der Waals surface area contributed by atoms with E-state index in [0.29, 0.717) is 11.8 Å². The van der Waals surface area contributed by atoms with E-state index in [0.717, 1.165) is 0 Å². The van der Waals surface area contributed by atoms with Crippen LogP contribution in [0.2, 0.25) is 0 Å². The molecule has 0 N–H and O–H groups in total. The molecule has 114 valence electrons. The molecule has 0 aliphatic carbocycles. The summed E-state index contributed by atoms with van der Waals surface area (Å²) in [5, 5.41) is 1.51. The van der Waals surface area contributed by atoms with E-state index >= 15 is 0 Å². The van der Waals surface area contributed by atoms with Crippen molar-refractivity contribution >= 4 is 14.9 Å². The first-order valence-corrected chi connectivity index (χ1v) is 9.34. The van der Waals surface area contributed by atoms with E-state index in [1.165, 1.54) is 18.0 Å². The van der Waals surface area contributed by atoms with Crippen molar-refractivity contribution in [2.75, 3.05) is 0 Å². The quantitative estimate of drug-likeness (QED) is 0.713. The average molecular weight is 293 g/mol. The van der Waals surface area contributed by atoms with Crippen LogP contribution in [0.3, 0.4) is 0 Å². The highest BCUT2D eigenvalue weighted by molar-refractivity contribution is 6.47. The van der Waals surface area contributed by atoms with Gasteiger partial charge in [-0.3, -0.25) is 0 Å². The topological polar surface area (TPSA) is 9.23 Å². The van der Waals surface area contributed by atoms with Crippen LogP contribution in [-0.2, 0) is 4.43 Å².